The number of benzene rings is 2. The maximum atomic E-state index is 14.1. The van der Waals surface area contributed by atoms with Crippen LogP contribution in [0.4, 0.5) is 29.1 Å². The Morgan fingerprint density at radius 2 is 1.86 bits per heavy atom. The number of fused-ring (bicyclic) bond motifs is 1. The van der Waals surface area contributed by atoms with E-state index in [9.17, 15) is 17.6 Å². The average molecular weight is 401 g/mol. The van der Waals surface area contributed by atoms with E-state index in [0.29, 0.717) is 22.7 Å². The minimum absolute atomic E-state index is 0.242. The van der Waals surface area contributed by atoms with E-state index in [1.54, 1.807) is 19.2 Å². The quantitative estimate of drug-likeness (QED) is 0.404. The lowest BCUT2D eigenvalue weighted by Crippen LogP contribution is -2.06. The summed E-state index contributed by atoms with van der Waals surface area (Å²) in [7, 11) is 1.57. The normalized spacial score (nSPS) is 11.6. The van der Waals surface area contributed by atoms with E-state index in [2.05, 4.69) is 15.3 Å². The minimum Gasteiger partial charge on any atom is -0.497 e. The monoisotopic (exact) mass is 401 g/mol. The third-order valence-electron chi connectivity index (χ3n) is 4.48. The van der Waals surface area contributed by atoms with Gasteiger partial charge in [0.25, 0.3) is 0 Å². The van der Waals surface area contributed by atoms with Crippen molar-refractivity contribution in [2.45, 2.75) is 6.18 Å². The Balaban J connectivity index is 1.75. The van der Waals surface area contributed by atoms with E-state index in [1.807, 2.05) is 24.3 Å². The zero-order chi connectivity index (χ0) is 20.6. The largest absolute Gasteiger partial charge is 0.497 e. The third kappa shape index (κ3) is 3.73. The van der Waals surface area contributed by atoms with Gasteiger partial charge in [-0.1, -0.05) is 12.1 Å². The molecule has 2 heterocycles. The first kappa shape index (κ1) is 18.8. The summed E-state index contributed by atoms with van der Waals surface area (Å²) < 4.78 is 58.2. The molecule has 0 bridgehead atoms. The van der Waals surface area contributed by atoms with Crippen molar-refractivity contribution in [3.63, 3.8) is 0 Å². The molecule has 2 N–H and O–H groups in total. The Hall–Kier alpha value is -3.55. The summed E-state index contributed by atoms with van der Waals surface area (Å²) in [4.78, 5) is 7.40. The number of hydrogen-bond acceptors (Lipinski definition) is 3. The zero-order valence-corrected chi connectivity index (χ0v) is 15.1. The highest BCUT2D eigenvalue weighted by Crippen LogP contribution is 2.34. The van der Waals surface area contributed by atoms with Gasteiger partial charge < -0.3 is 15.0 Å². The van der Waals surface area contributed by atoms with E-state index in [4.69, 9.17) is 4.74 Å². The molecule has 0 spiro atoms. The Labute approximate surface area is 163 Å². The Morgan fingerprint density at radius 3 is 2.62 bits per heavy atom. The maximum absolute atomic E-state index is 14.1. The van der Waals surface area contributed by atoms with Gasteiger partial charge in [0, 0.05) is 22.8 Å². The summed E-state index contributed by atoms with van der Waals surface area (Å²) >= 11 is 0. The molecule has 4 rings (SSSR count). The van der Waals surface area contributed by atoms with Crippen molar-refractivity contribution in [3.8, 4) is 17.0 Å². The van der Waals surface area contributed by atoms with Crippen LogP contribution in [-0.2, 0) is 6.18 Å². The molecule has 2 aromatic heterocycles. The first-order valence-corrected chi connectivity index (χ1v) is 8.61. The van der Waals surface area contributed by atoms with Gasteiger partial charge in [-0.05, 0) is 42.5 Å². The number of pyridine rings is 1. The van der Waals surface area contributed by atoms with Gasteiger partial charge in [-0.3, -0.25) is 0 Å². The minimum atomic E-state index is -4.57. The molecule has 0 saturated heterocycles. The number of aromatic amines is 1. The fraction of sp³-hybridized carbons (Fsp3) is 0.0952. The predicted octanol–water partition coefficient (Wildman–Crippen LogP) is 6.14. The lowest BCUT2D eigenvalue weighted by Gasteiger charge is -2.11. The lowest BCUT2D eigenvalue weighted by molar-refractivity contribution is -0.137. The molecular formula is C21H15F4N3O. The van der Waals surface area contributed by atoms with E-state index < -0.39 is 17.6 Å². The van der Waals surface area contributed by atoms with Crippen molar-refractivity contribution in [2.75, 3.05) is 12.4 Å². The molecule has 29 heavy (non-hydrogen) atoms. The number of halogens is 4. The number of rotatable bonds is 4. The van der Waals surface area contributed by atoms with Crippen LogP contribution in [0.1, 0.15) is 5.56 Å². The van der Waals surface area contributed by atoms with Crippen molar-refractivity contribution < 1.29 is 22.3 Å². The molecule has 2 aromatic carbocycles. The van der Waals surface area contributed by atoms with Crippen molar-refractivity contribution in [1.29, 1.82) is 0 Å². The Morgan fingerprint density at radius 1 is 1.03 bits per heavy atom. The van der Waals surface area contributed by atoms with Gasteiger partial charge in [0.15, 0.2) is 0 Å². The molecule has 0 aliphatic rings. The zero-order valence-electron chi connectivity index (χ0n) is 15.1. The number of ether oxygens (including phenoxy) is 1. The lowest BCUT2D eigenvalue weighted by atomic mass is 10.1. The van der Waals surface area contributed by atoms with Gasteiger partial charge in [0.05, 0.1) is 23.9 Å². The second kappa shape index (κ2) is 7.12. The Bertz CT molecular complexity index is 1180. The topological polar surface area (TPSA) is 49.9 Å². The first-order valence-electron chi connectivity index (χ1n) is 8.61. The summed E-state index contributed by atoms with van der Waals surface area (Å²) in [6.07, 6.45) is -3.08. The van der Waals surface area contributed by atoms with Crippen LogP contribution in [0, 0.1) is 5.82 Å². The molecule has 0 unspecified atom stereocenters. The van der Waals surface area contributed by atoms with Crippen LogP contribution in [0.5, 0.6) is 5.75 Å². The fourth-order valence-electron chi connectivity index (χ4n) is 3.02. The average Bonchev–Trinajstić information content (AvgIpc) is 3.14. The number of alkyl halides is 3. The summed E-state index contributed by atoms with van der Waals surface area (Å²) in [5, 5.41) is 3.30. The standard InChI is InChI=1S/C21H15F4N3O/c1-29-14-4-2-3-12(9-14)18-11-15-17(27-18)7-8-26-20(15)28-19-10-13(21(23,24)25)5-6-16(19)22/h2-11,27H,1H3,(H,26,28). The number of anilines is 2. The van der Waals surface area contributed by atoms with Crippen LogP contribution >= 0.6 is 0 Å². The Kier molecular flexibility index (Phi) is 4.62. The summed E-state index contributed by atoms with van der Waals surface area (Å²) in [6.45, 7) is 0. The van der Waals surface area contributed by atoms with E-state index >= 15 is 0 Å². The van der Waals surface area contributed by atoms with Crippen molar-refractivity contribution >= 4 is 22.4 Å². The first-order chi connectivity index (χ1) is 13.8. The molecule has 4 nitrogen and oxygen atoms in total. The van der Waals surface area contributed by atoms with Gasteiger partial charge in [0.2, 0.25) is 0 Å². The smallest absolute Gasteiger partial charge is 0.416 e. The van der Waals surface area contributed by atoms with Gasteiger partial charge in [0.1, 0.15) is 17.4 Å². The second-order valence-electron chi connectivity index (χ2n) is 6.35. The van der Waals surface area contributed by atoms with Crippen LogP contribution in [0.15, 0.2) is 60.8 Å². The molecule has 0 amide bonds. The number of nitrogens with one attached hydrogen (secondary N) is 2. The predicted molar refractivity (Wildman–Crippen MR) is 103 cm³/mol. The second-order valence-corrected chi connectivity index (χ2v) is 6.35. The van der Waals surface area contributed by atoms with E-state index in [1.165, 1.54) is 6.20 Å². The molecule has 0 atom stereocenters. The van der Waals surface area contributed by atoms with Gasteiger partial charge in [-0.25, -0.2) is 9.37 Å². The SMILES string of the molecule is COc1cccc(-c2cc3c(Nc4cc(C(F)(F)F)ccc4F)nccc3[nH]2)c1. The maximum Gasteiger partial charge on any atom is 0.416 e. The molecule has 8 heteroatoms. The van der Waals surface area contributed by atoms with E-state index in [-0.39, 0.29) is 11.5 Å². The summed E-state index contributed by atoms with van der Waals surface area (Å²) in [5.74, 6) is 0.121. The van der Waals surface area contributed by atoms with Crippen LogP contribution in [0.3, 0.4) is 0 Å². The molecule has 0 aliphatic heterocycles. The number of H-pyrrole nitrogens is 1. The van der Waals surface area contributed by atoms with Crippen molar-refractivity contribution in [3.05, 3.63) is 72.2 Å². The summed E-state index contributed by atoms with van der Waals surface area (Å²) in [5.41, 5.74) is 1.08. The van der Waals surface area contributed by atoms with Crippen molar-refractivity contribution in [1.82, 2.24) is 9.97 Å². The summed E-state index contributed by atoms with van der Waals surface area (Å²) in [6, 6.07) is 13.1. The van der Waals surface area contributed by atoms with Crippen LogP contribution in [-0.4, -0.2) is 17.1 Å². The molecule has 4 aromatic rings. The molecule has 148 valence electrons. The highest BCUT2D eigenvalue weighted by molar-refractivity contribution is 5.95. The number of methoxy groups -OCH3 is 1. The highest BCUT2D eigenvalue weighted by Gasteiger charge is 2.31. The van der Waals surface area contributed by atoms with Crippen LogP contribution < -0.4 is 10.1 Å². The molecule has 0 radical (unpaired) electrons. The molecule has 0 fully saturated rings. The van der Waals surface area contributed by atoms with Crippen LogP contribution in [0.25, 0.3) is 22.2 Å². The highest BCUT2D eigenvalue weighted by atomic mass is 19.4. The molecular weight excluding hydrogens is 386 g/mol. The third-order valence-corrected chi connectivity index (χ3v) is 4.48. The number of nitrogens with zero attached hydrogens (tertiary/aromatic N) is 1. The number of hydrogen-bond donors (Lipinski definition) is 2. The van der Waals surface area contributed by atoms with Crippen LogP contribution in [0.2, 0.25) is 0 Å². The van der Waals surface area contributed by atoms with E-state index in [0.717, 1.165) is 23.4 Å². The van der Waals surface area contributed by atoms with Crippen molar-refractivity contribution in [2.24, 2.45) is 0 Å². The molecule has 0 saturated carbocycles. The fourth-order valence-corrected chi connectivity index (χ4v) is 3.02. The van der Waals surface area contributed by atoms with Gasteiger partial charge >= 0.3 is 6.18 Å². The molecule has 0 aliphatic carbocycles. The number of aromatic nitrogens is 2. The van der Waals surface area contributed by atoms with Gasteiger partial charge in [-0.15, -0.1) is 0 Å². The van der Waals surface area contributed by atoms with Gasteiger partial charge in [-0.2, -0.15) is 13.2 Å².